The number of fused-ring (bicyclic) bond motifs is 1. The van der Waals surface area contributed by atoms with Gasteiger partial charge in [0.1, 0.15) is 18.1 Å². The molecule has 1 aliphatic heterocycles. The van der Waals surface area contributed by atoms with Crippen LogP contribution in [0.4, 0.5) is 5.69 Å². The minimum atomic E-state index is 0.719. The summed E-state index contributed by atoms with van der Waals surface area (Å²) < 4.78 is 12.3. The maximum absolute atomic E-state index is 5.77. The molecule has 16 heavy (non-hydrogen) atoms. The second-order valence-electron chi connectivity index (χ2n) is 4.31. The molecule has 0 bridgehead atoms. The Bertz CT molecular complexity index is 404. The van der Waals surface area contributed by atoms with Crippen molar-refractivity contribution in [2.24, 2.45) is 5.92 Å². The van der Waals surface area contributed by atoms with Crippen LogP contribution in [-0.2, 0) is 0 Å². The Morgan fingerprint density at radius 3 is 3.12 bits per heavy atom. The maximum Gasteiger partial charge on any atom is 0.146 e. The van der Waals surface area contributed by atoms with Gasteiger partial charge in [-0.1, -0.05) is 0 Å². The van der Waals surface area contributed by atoms with Gasteiger partial charge in [-0.25, -0.2) is 0 Å². The summed E-state index contributed by atoms with van der Waals surface area (Å²) in [5, 5.41) is 3.30. The van der Waals surface area contributed by atoms with Gasteiger partial charge in [-0.05, 0) is 40.8 Å². The van der Waals surface area contributed by atoms with E-state index in [0.717, 1.165) is 47.3 Å². The number of nitrogens with one attached hydrogen (secondary N) is 1. The van der Waals surface area contributed by atoms with Crippen molar-refractivity contribution in [3.8, 4) is 11.5 Å². The van der Waals surface area contributed by atoms with Crippen LogP contribution >= 0.6 is 15.9 Å². The molecule has 1 aliphatic carbocycles. The van der Waals surface area contributed by atoms with Gasteiger partial charge in [0.15, 0.2) is 0 Å². The molecule has 0 spiro atoms. The van der Waals surface area contributed by atoms with Crippen molar-refractivity contribution < 1.29 is 9.47 Å². The van der Waals surface area contributed by atoms with Gasteiger partial charge in [-0.3, -0.25) is 0 Å². The summed E-state index contributed by atoms with van der Waals surface area (Å²) in [4.78, 5) is 0. The van der Waals surface area contributed by atoms with Crippen molar-refractivity contribution >= 4 is 21.6 Å². The number of anilines is 1. The summed E-state index contributed by atoms with van der Waals surface area (Å²) in [7, 11) is 0. The quantitative estimate of drug-likeness (QED) is 0.925. The molecule has 0 atom stereocenters. The van der Waals surface area contributed by atoms with Gasteiger partial charge in [0.2, 0.25) is 0 Å². The van der Waals surface area contributed by atoms with E-state index in [0.29, 0.717) is 0 Å². The molecular formula is C12H14BrNO2. The summed E-state index contributed by atoms with van der Waals surface area (Å²) in [5.41, 5.74) is 1.04. The fourth-order valence-electron chi connectivity index (χ4n) is 1.74. The predicted octanol–water partition coefficient (Wildman–Crippen LogP) is 3.04. The SMILES string of the molecule is Brc1cc2c(cc1OCC1CC1)OCCN2. The second-order valence-corrected chi connectivity index (χ2v) is 5.16. The van der Waals surface area contributed by atoms with E-state index in [2.05, 4.69) is 21.2 Å². The van der Waals surface area contributed by atoms with E-state index in [9.17, 15) is 0 Å². The van der Waals surface area contributed by atoms with Gasteiger partial charge >= 0.3 is 0 Å². The normalized spacial score (nSPS) is 18.3. The largest absolute Gasteiger partial charge is 0.492 e. The van der Waals surface area contributed by atoms with Crippen molar-refractivity contribution in [3.05, 3.63) is 16.6 Å². The van der Waals surface area contributed by atoms with Crippen molar-refractivity contribution in [1.82, 2.24) is 0 Å². The first-order chi connectivity index (χ1) is 7.83. The highest BCUT2D eigenvalue weighted by Gasteiger charge is 2.23. The van der Waals surface area contributed by atoms with E-state index in [1.165, 1.54) is 12.8 Å². The van der Waals surface area contributed by atoms with Crippen molar-refractivity contribution in [1.29, 1.82) is 0 Å². The molecule has 3 rings (SSSR count). The number of hydrogen-bond acceptors (Lipinski definition) is 3. The van der Waals surface area contributed by atoms with Crippen LogP contribution in [0.3, 0.4) is 0 Å². The predicted molar refractivity (Wildman–Crippen MR) is 66.3 cm³/mol. The van der Waals surface area contributed by atoms with E-state index in [1.54, 1.807) is 0 Å². The van der Waals surface area contributed by atoms with Crippen molar-refractivity contribution in [2.75, 3.05) is 25.1 Å². The Balaban J connectivity index is 1.80. The molecule has 1 heterocycles. The third-order valence-electron chi connectivity index (χ3n) is 2.88. The zero-order chi connectivity index (χ0) is 11.0. The van der Waals surface area contributed by atoms with Crippen LogP contribution in [0.2, 0.25) is 0 Å². The smallest absolute Gasteiger partial charge is 0.146 e. The number of rotatable bonds is 3. The Morgan fingerprint density at radius 2 is 2.31 bits per heavy atom. The van der Waals surface area contributed by atoms with E-state index in [4.69, 9.17) is 9.47 Å². The molecule has 2 aliphatic rings. The van der Waals surface area contributed by atoms with E-state index in [-0.39, 0.29) is 0 Å². The minimum Gasteiger partial charge on any atom is -0.492 e. The molecule has 0 unspecified atom stereocenters. The highest BCUT2D eigenvalue weighted by molar-refractivity contribution is 9.10. The zero-order valence-corrected chi connectivity index (χ0v) is 10.5. The number of hydrogen-bond donors (Lipinski definition) is 1. The average molecular weight is 284 g/mol. The van der Waals surface area contributed by atoms with Gasteiger partial charge in [0.05, 0.1) is 16.8 Å². The highest BCUT2D eigenvalue weighted by atomic mass is 79.9. The van der Waals surface area contributed by atoms with Crippen molar-refractivity contribution in [2.45, 2.75) is 12.8 Å². The number of benzene rings is 1. The maximum atomic E-state index is 5.77. The van der Waals surface area contributed by atoms with Crippen LogP contribution in [0.5, 0.6) is 11.5 Å². The van der Waals surface area contributed by atoms with Gasteiger partial charge in [0, 0.05) is 12.6 Å². The van der Waals surface area contributed by atoms with E-state index >= 15 is 0 Å². The van der Waals surface area contributed by atoms with Gasteiger partial charge in [0.25, 0.3) is 0 Å². The number of ether oxygens (including phenoxy) is 2. The molecule has 1 aromatic carbocycles. The van der Waals surface area contributed by atoms with E-state index < -0.39 is 0 Å². The summed E-state index contributed by atoms with van der Waals surface area (Å²) in [6.07, 6.45) is 2.61. The molecule has 1 saturated carbocycles. The molecule has 86 valence electrons. The molecule has 0 amide bonds. The summed E-state index contributed by atoms with van der Waals surface area (Å²) in [6, 6.07) is 3.99. The summed E-state index contributed by atoms with van der Waals surface area (Å²) in [5.74, 6) is 2.54. The molecule has 0 saturated heterocycles. The molecular weight excluding hydrogens is 270 g/mol. The fraction of sp³-hybridized carbons (Fsp3) is 0.500. The Morgan fingerprint density at radius 1 is 1.44 bits per heavy atom. The number of halogens is 1. The highest BCUT2D eigenvalue weighted by Crippen LogP contribution is 2.38. The Kier molecular flexibility index (Phi) is 2.67. The summed E-state index contributed by atoms with van der Waals surface area (Å²) in [6.45, 7) is 2.41. The first kappa shape index (κ1) is 10.3. The van der Waals surface area contributed by atoms with Crippen LogP contribution in [0.1, 0.15) is 12.8 Å². The lowest BCUT2D eigenvalue weighted by Gasteiger charge is -2.20. The molecule has 1 aromatic rings. The molecule has 1 fully saturated rings. The first-order valence-electron chi connectivity index (χ1n) is 5.66. The van der Waals surface area contributed by atoms with Gasteiger partial charge in [-0.2, -0.15) is 0 Å². The molecule has 1 N–H and O–H groups in total. The van der Waals surface area contributed by atoms with Crippen LogP contribution in [0.15, 0.2) is 16.6 Å². The van der Waals surface area contributed by atoms with Gasteiger partial charge < -0.3 is 14.8 Å². The monoisotopic (exact) mass is 283 g/mol. The Labute approximate surface area is 103 Å². The van der Waals surface area contributed by atoms with Crippen molar-refractivity contribution in [3.63, 3.8) is 0 Å². The van der Waals surface area contributed by atoms with Crippen LogP contribution in [-0.4, -0.2) is 19.8 Å². The third kappa shape index (κ3) is 2.12. The summed E-state index contributed by atoms with van der Waals surface area (Å²) >= 11 is 3.53. The van der Waals surface area contributed by atoms with E-state index in [1.807, 2.05) is 12.1 Å². The molecule has 0 radical (unpaired) electrons. The standard InChI is InChI=1S/C12H14BrNO2/c13-9-5-10-12(15-4-3-14-10)6-11(9)16-7-8-1-2-8/h5-6,8,14H,1-4,7H2. The molecule has 4 heteroatoms. The third-order valence-corrected chi connectivity index (χ3v) is 3.50. The average Bonchev–Trinajstić information content (AvgIpc) is 3.10. The Hall–Kier alpha value is -0.900. The first-order valence-corrected chi connectivity index (χ1v) is 6.45. The van der Waals surface area contributed by atoms with Gasteiger partial charge in [-0.15, -0.1) is 0 Å². The zero-order valence-electron chi connectivity index (χ0n) is 8.96. The second kappa shape index (κ2) is 4.17. The molecule has 3 nitrogen and oxygen atoms in total. The lowest BCUT2D eigenvalue weighted by molar-refractivity contribution is 0.290. The molecule has 0 aromatic heterocycles. The lowest BCUT2D eigenvalue weighted by Crippen LogP contribution is -2.18. The topological polar surface area (TPSA) is 30.5 Å². The van der Waals surface area contributed by atoms with Crippen LogP contribution < -0.4 is 14.8 Å². The van der Waals surface area contributed by atoms with Crippen LogP contribution in [0, 0.1) is 5.92 Å². The minimum absolute atomic E-state index is 0.719. The van der Waals surface area contributed by atoms with Crippen LogP contribution in [0.25, 0.3) is 0 Å². The fourth-order valence-corrected chi connectivity index (χ4v) is 2.20. The lowest BCUT2D eigenvalue weighted by atomic mass is 10.2.